The lowest BCUT2D eigenvalue weighted by atomic mass is 9.96. The molecule has 0 radical (unpaired) electrons. The molecule has 84 valence electrons. The van der Waals surface area contributed by atoms with Crippen molar-refractivity contribution in [3.63, 3.8) is 0 Å². The van der Waals surface area contributed by atoms with Gasteiger partial charge in [0.25, 0.3) is 0 Å². The molecule has 1 aromatic rings. The summed E-state index contributed by atoms with van der Waals surface area (Å²) in [5.41, 5.74) is 2.02. The smallest absolute Gasteiger partial charge is 0.0759 e. The van der Waals surface area contributed by atoms with Gasteiger partial charge in [-0.15, -0.1) is 0 Å². The fourth-order valence-corrected chi connectivity index (χ4v) is 1.62. The summed E-state index contributed by atoms with van der Waals surface area (Å²) in [5, 5.41) is 3.47. The van der Waals surface area contributed by atoms with Crippen molar-refractivity contribution in [3.05, 3.63) is 23.8 Å². The lowest BCUT2D eigenvalue weighted by Gasteiger charge is -2.22. The van der Waals surface area contributed by atoms with Gasteiger partial charge < -0.3 is 5.32 Å². The number of aryl methyl sites for hydroxylation is 1. The highest BCUT2D eigenvalue weighted by Gasteiger charge is 2.18. The van der Waals surface area contributed by atoms with Crippen molar-refractivity contribution in [1.29, 1.82) is 0 Å². The first-order valence-corrected chi connectivity index (χ1v) is 5.71. The van der Waals surface area contributed by atoms with Gasteiger partial charge in [0.15, 0.2) is 0 Å². The van der Waals surface area contributed by atoms with Crippen LogP contribution in [0.5, 0.6) is 0 Å². The Labute approximate surface area is 92.3 Å². The fraction of sp³-hybridized carbons (Fsp3) is 0.667. The number of nitrogens with one attached hydrogen (secondary N) is 1. The van der Waals surface area contributed by atoms with Gasteiger partial charge in [0, 0.05) is 6.20 Å². The number of aromatic nitrogens is 2. The second kappa shape index (κ2) is 5.81. The van der Waals surface area contributed by atoms with Crippen molar-refractivity contribution in [2.24, 2.45) is 5.92 Å². The molecule has 15 heavy (non-hydrogen) atoms. The summed E-state index contributed by atoms with van der Waals surface area (Å²) in [6, 6.07) is 0.327. The van der Waals surface area contributed by atoms with Crippen molar-refractivity contribution in [2.45, 2.75) is 40.2 Å². The topological polar surface area (TPSA) is 37.8 Å². The van der Waals surface area contributed by atoms with E-state index in [0.717, 1.165) is 24.4 Å². The van der Waals surface area contributed by atoms with Crippen LogP contribution in [0.4, 0.5) is 0 Å². The van der Waals surface area contributed by atoms with E-state index >= 15 is 0 Å². The van der Waals surface area contributed by atoms with E-state index in [9.17, 15) is 0 Å². The van der Waals surface area contributed by atoms with E-state index < -0.39 is 0 Å². The summed E-state index contributed by atoms with van der Waals surface area (Å²) in [4.78, 5) is 8.74. The maximum Gasteiger partial charge on any atom is 0.0759 e. The molecule has 1 rings (SSSR count). The number of rotatable bonds is 5. The molecular weight excluding hydrogens is 186 g/mol. The van der Waals surface area contributed by atoms with Crippen LogP contribution in [0.15, 0.2) is 12.4 Å². The Morgan fingerprint density at radius 2 is 2.00 bits per heavy atom. The highest BCUT2D eigenvalue weighted by molar-refractivity contribution is 5.06. The second-order valence-corrected chi connectivity index (χ2v) is 4.00. The highest BCUT2D eigenvalue weighted by atomic mass is 15.0. The SMILES string of the molecule is CCNC(c1cnc(C)cn1)C(C)CC. The summed E-state index contributed by atoms with van der Waals surface area (Å²) in [5.74, 6) is 0.585. The van der Waals surface area contributed by atoms with Gasteiger partial charge in [0.05, 0.1) is 23.6 Å². The van der Waals surface area contributed by atoms with Crippen LogP contribution in [0.1, 0.15) is 44.6 Å². The third-order valence-electron chi connectivity index (χ3n) is 2.76. The van der Waals surface area contributed by atoms with Crippen molar-refractivity contribution < 1.29 is 0 Å². The molecule has 0 saturated heterocycles. The first kappa shape index (κ1) is 12.1. The highest BCUT2D eigenvalue weighted by Crippen LogP contribution is 2.21. The molecule has 0 fully saturated rings. The van der Waals surface area contributed by atoms with Crippen LogP contribution in [0.25, 0.3) is 0 Å². The van der Waals surface area contributed by atoms with Gasteiger partial charge in [-0.3, -0.25) is 9.97 Å². The van der Waals surface area contributed by atoms with Crippen LogP contribution >= 0.6 is 0 Å². The van der Waals surface area contributed by atoms with Gasteiger partial charge >= 0.3 is 0 Å². The van der Waals surface area contributed by atoms with Crippen LogP contribution in [-0.2, 0) is 0 Å². The summed E-state index contributed by atoms with van der Waals surface area (Å²) in [7, 11) is 0. The van der Waals surface area contributed by atoms with E-state index in [0.29, 0.717) is 12.0 Å². The van der Waals surface area contributed by atoms with Gasteiger partial charge in [-0.25, -0.2) is 0 Å². The predicted molar refractivity (Wildman–Crippen MR) is 62.6 cm³/mol. The van der Waals surface area contributed by atoms with Crippen LogP contribution in [0.3, 0.4) is 0 Å². The zero-order valence-corrected chi connectivity index (χ0v) is 10.1. The molecule has 0 aliphatic heterocycles. The molecule has 1 aromatic heterocycles. The molecule has 3 heteroatoms. The third-order valence-corrected chi connectivity index (χ3v) is 2.76. The maximum atomic E-state index is 4.44. The monoisotopic (exact) mass is 207 g/mol. The van der Waals surface area contributed by atoms with Crippen LogP contribution in [-0.4, -0.2) is 16.5 Å². The Morgan fingerprint density at radius 3 is 2.47 bits per heavy atom. The fourth-order valence-electron chi connectivity index (χ4n) is 1.62. The first-order chi connectivity index (χ1) is 7.19. The summed E-state index contributed by atoms with van der Waals surface area (Å²) >= 11 is 0. The Hall–Kier alpha value is -0.960. The molecule has 0 saturated carbocycles. The van der Waals surface area contributed by atoms with Gasteiger partial charge in [0.2, 0.25) is 0 Å². The molecule has 0 spiro atoms. The van der Waals surface area contributed by atoms with E-state index in [1.807, 2.05) is 19.3 Å². The van der Waals surface area contributed by atoms with Gasteiger partial charge in [0.1, 0.15) is 0 Å². The van der Waals surface area contributed by atoms with Crippen LogP contribution in [0, 0.1) is 12.8 Å². The zero-order valence-electron chi connectivity index (χ0n) is 10.1. The quantitative estimate of drug-likeness (QED) is 0.806. The molecule has 1 heterocycles. The van der Waals surface area contributed by atoms with Gasteiger partial charge in [-0.1, -0.05) is 27.2 Å². The third kappa shape index (κ3) is 3.27. The minimum atomic E-state index is 0.327. The average molecular weight is 207 g/mol. The van der Waals surface area contributed by atoms with E-state index in [1.165, 1.54) is 0 Å². The predicted octanol–water partition coefficient (Wildman–Crippen LogP) is 2.48. The van der Waals surface area contributed by atoms with E-state index in [1.54, 1.807) is 0 Å². The Kier molecular flexibility index (Phi) is 4.69. The van der Waals surface area contributed by atoms with E-state index in [2.05, 4.69) is 36.1 Å². The Bertz CT molecular complexity index is 281. The molecule has 0 aliphatic carbocycles. The molecule has 0 aliphatic rings. The van der Waals surface area contributed by atoms with Crippen molar-refractivity contribution in [1.82, 2.24) is 15.3 Å². The standard InChI is InChI=1S/C12H21N3/c1-5-9(3)12(13-6-2)11-8-14-10(4)7-15-11/h7-9,12-13H,5-6H2,1-4H3. The minimum absolute atomic E-state index is 0.327. The summed E-state index contributed by atoms with van der Waals surface area (Å²) in [6.07, 6.45) is 4.87. The Balaban J connectivity index is 2.83. The molecule has 3 nitrogen and oxygen atoms in total. The lowest BCUT2D eigenvalue weighted by Crippen LogP contribution is -2.27. The van der Waals surface area contributed by atoms with E-state index in [-0.39, 0.29) is 0 Å². The molecule has 0 aromatic carbocycles. The second-order valence-electron chi connectivity index (χ2n) is 4.00. The van der Waals surface area contributed by atoms with Crippen LogP contribution in [0.2, 0.25) is 0 Å². The minimum Gasteiger partial charge on any atom is -0.309 e. The molecule has 1 N–H and O–H groups in total. The lowest BCUT2D eigenvalue weighted by molar-refractivity contribution is 0.375. The summed E-state index contributed by atoms with van der Waals surface area (Å²) in [6.45, 7) is 9.50. The number of nitrogens with zero attached hydrogens (tertiary/aromatic N) is 2. The average Bonchev–Trinajstić information content (AvgIpc) is 2.26. The van der Waals surface area contributed by atoms with Crippen LogP contribution < -0.4 is 5.32 Å². The molecule has 2 atom stereocenters. The zero-order chi connectivity index (χ0) is 11.3. The van der Waals surface area contributed by atoms with Gasteiger partial charge in [-0.05, 0) is 19.4 Å². The normalized spacial score (nSPS) is 14.9. The van der Waals surface area contributed by atoms with Crippen molar-refractivity contribution in [2.75, 3.05) is 6.54 Å². The number of hydrogen-bond acceptors (Lipinski definition) is 3. The summed E-state index contributed by atoms with van der Waals surface area (Å²) < 4.78 is 0. The first-order valence-electron chi connectivity index (χ1n) is 5.71. The maximum absolute atomic E-state index is 4.44. The van der Waals surface area contributed by atoms with E-state index in [4.69, 9.17) is 0 Å². The molecule has 0 amide bonds. The molecule has 2 unspecified atom stereocenters. The Morgan fingerprint density at radius 1 is 1.27 bits per heavy atom. The molecule has 0 bridgehead atoms. The van der Waals surface area contributed by atoms with Gasteiger partial charge in [-0.2, -0.15) is 0 Å². The molecular formula is C12H21N3. The number of hydrogen-bond donors (Lipinski definition) is 1. The largest absolute Gasteiger partial charge is 0.309 e. The van der Waals surface area contributed by atoms with Crippen molar-refractivity contribution >= 4 is 0 Å². The van der Waals surface area contributed by atoms with Crippen molar-refractivity contribution in [3.8, 4) is 0 Å².